The van der Waals surface area contributed by atoms with Crippen LogP contribution in [-0.2, 0) is 15.1 Å². The van der Waals surface area contributed by atoms with Crippen LogP contribution in [0.15, 0.2) is 24.3 Å². The van der Waals surface area contributed by atoms with Crippen molar-refractivity contribution in [2.24, 2.45) is 5.92 Å². The summed E-state index contributed by atoms with van der Waals surface area (Å²) in [5.41, 5.74) is -0.549. The Kier molecular flexibility index (Phi) is 5.39. The Bertz CT molecular complexity index is 733. The average molecular weight is 373 g/mol. The van der Waals surface area contributed by atoms with Crippen LogP contribution in [0, 0.1) is 5.92 Å². The van der Waals surface area contributed by atoms with E-state index in [2.05, 4.69) is 17.6 Å². The zero-order valence-electron chi connectivity index (χ0n) is 16.1. The Morgan fingerprint density at radius 2 is 1.93 bits per heavy atom. The fourth-order valence-electron chi connectivity index (χ4n) is 3.89. The fraction of sp³-hybridized carbons (Fsp3) is 0.550. The summed E-state index contributed by atoms with van der Waals surface area (Å²) in [5.74, 6) is 0.355. The highest BCUT2D eigenvalue weighted by Crippen LogP contribution is 2.30. The molecule has 7 nitrogen and oxygen atoms in total. The lowest BCUT2D eigenvalue weighted by atomic mass is 9.86. The molecule has 1 saturated carbocycles. The predicted octanol–water partition coefficient (Wildman–Crippen LogP) is 2.16. The van der Waals surface area contributed by atoms with Crippen molar-refractivity contribution in [2.75, 3.05) is 13.7 Å². The molecule has 3 rings (SSSR count). The number of benzene rings is 1. The first-order chi connectivity index (χ1) is 12.8. The van der Waals surface area contributed by atoms with Gasteiger partial charge in [0.25, 0.3) is 5.91 Å². The lowest BCUT2D eigenvalue weighted by Gasteiger charge is -2.30. The van der Waals surface area contributed by atoms with Crippen LogP contribution in [-0.4, -0.2) is 42.4 Å². The highest BCUT2D eigenvalue weighted by atomic mass is 16.5. The van der Waals surface area contributed by atoms with Crippen LogP contribution >= 0.6 is 0 Å². The largest absolute Gasteiger partial charge is 0.497 e. The van der Waals surface area contributed by atoms with Gasteiger partial charge in [-0.1, -0.05) is 31.9 Å². The van der Waals surface area contributed by atoms with E-state index < -0.39 is 17.5 Å². The van der Waals surface area contributed by atoms with E-state index in [-0.39, 0.29) is 18.5 Å². The fourth-order valence-corrected chi connectivity index (χ4v) is 3.89. The lowest BCUT2D eigenvalue weighted by molar-refractivity contribution is -0.135. The van der Waals surface area contributed by atoms with E-state index in [4.69, 9.17) is 4.74 Å². The van der Waals surface area contributed by atoms with Crippen LogP contribution in [0.1, 0.15) is 45.1 Å². The lowest BCUT2D eigenvalue weighted by Crippen LogP contribution is -2.47. The normalized spacial score (nSPS) is 28.0. The molecular weight excluding hydrogens is 346 g/mol. The maximum Gasteiger partial charge on any atom is 0.325 e. The van der Waals surface area contributed by atoms with Gasteiger partial charge in [-0.15, -0.1) is 0 Å². The third-order valence-corrected chi connectivity index (χ3v) is 5.70. The van der Waals surface area contributed by atoms with Crippen molar-refractivity contribution in [3.63, 3.8) is 0 Å². The number of hydrogen-bond donors (Lipinski definition) is 2. The minimum atomic E-state index is -1.19. The van der Waals surface area contributed by atoms with E-state index in [1.165, 1.54) is 6.42 Å². The molecule has 2 N–H and O–H groups in total. The zero-order chi connectivity index (χ0) is 19.6. The first kappa shape index (κ1) is 19.2. The second-order valence-corrected chi connectivity index (χ2v) is 7.61. The maximum absolute atomic E-state index is 12.9. The number of nitrogens with one attached hydrogen (secondary N) is 2. The van der Waals surface area contributed by atoms with Gasteiger partial charge in [0.15, 0.2) is 0 Å². The number of methoxy groups -OCH3 is 1. The van der Waals surface area contributed by atoms with Crippen LogP contribution in [0.3, 0.4) is 0 Å². The summed E-state index contributed by atoms with van der Waals surface area (Å²) in [6.45, 7) is 3.51. The Labute approximate surface area is 159 Å². The number of carbonyl (C=O) groups is 3. The second-order valence-electron chi connectivity index (χ2n) is 7.61. The molecule has 1 aromatic rings. The van der Waals surface area contributed by atoms with Gasteiger partial charge in [0, 0.05) is 6.04 Å². The molecule has 3 atom stereocenters. The van der Waals surface area contributed by atoms with Crippen molar-refractivity contribution in [3.05, 3.63) is 29.8 Å². The average Bonchev–Trinajstić information content (AvgIpc) is 2.88. The minimum Gasteiger partial charge on any atom is -0.497 e. The van der Waals surface area contributed by atoms with Crippen LogP contribution in [0.5, 0.6) is 5.75 Å². The van der Waals surface area contributed by atoms with Gasteiger partial charge in [0.2, 0.25) is 5.91 Å². The van der Waals surface area contributed by atoms with Gasteiger partial charge >= 0.3 is 6.03 Å². The third kappa shape index (κ3) is 3.77. The third-order valence-electron chi connectivity index (χ3n) is 5.70. The Morgan fingerprint density at radius 1 is 1.26 bits per heavy atom. The van der Waals surface area contributed by atoms with Crippen LogP contribution in [0.2, 0.25) is 0 Å². The van der Waals surface area contributed by atoms with Gasteiger partial charge in [0.1, 0.15) is 17.8 Å². The molecule has 0 radical (unpaired) electrons. The van der Waals surface area contributed by atoms with Gasteiger partial charge in [-0.2, -0.15) is 0 Å². The molecule has 0 unspecified atom stereocenters. The number of hydrogen-bond acceptors (Lipinski definition) is 4. The monoisotopic (exact) mass is 373 g/mol. The second kappa shape index (κ2) is 7.58. The SMILES string of the molecule is COc1ccc([C@]2(C)NC(=O)N(CC(=O)N[C@H]3CCCC[C@H]3C)C2=O)cc1. The molecule has 0 spiro atoms. The van der Waals surface area contributed by atoms with Crippen molar-refractivity contribution in [2.45, 2.75) is 51.1 Å². The van der Waals surface area contributed by atoms with Gasteiger partial charge in [0.05, 0.1) is 7.11 Å². The molecule has 0 aromatic heterocycles. The number of urea groups is 1. The summed E-state index contributed by atoms with van der Waals surface area (Å²) in [4.78, 5) is 38.7. The van der Waals surface area contributed by atoms with Gasteiger partial charge in [-0.05, 0) is 43.4 Å². The smallest absolute Gasteiger partial charge is 0.325 e. The summed E-state index contributed by atoms with van der Waals surface area (Å²) in [6, 6.07) is 6.51. The van der Waals surface area contributed by atoms with Crippen molar-refractivity contribution < 1.29 is 19.1 Å². The quantitative estimate of drug-likeness (QED) is 0.774. The Hall–Kier alpha value is -2.57. The molecule has 1 aromatic carbocycles. The van der Waals surface area contributed by atoms with Crippen molar-refractivity contribution in [1.29, 1.82) is 0 Å². The topological polar surface area (TPSA) is 87.7 Å². The number of ether oxygens (including phenoxy) is 1. The maximum atomic E-state index is 12.9. The standard InChI is InChI=1S/C20H27N3O4/c1-13-6-4-5-7-16(13)21-17(24)12-23-18(25)20(2,22-19(23)26)14-8-10-15(27-3)11-9-14/h8-11,13,16H,4-7,12H2,1-3H3,(H,21,24)(H,22,26)/t13-,16+,20+/m1/s1. The van der Waals surface area contributed by atoms with Gasteiger partial charge < -0.3 is 15.4 Å². The van der Waals surface area contributed by atoms with Crippen molar-refractivity contribution in [1.82, 2.24) is 15.5 Å². The molecule has 146 valence electrons. The molecule has 1 saturated heterocycles. The molecule has 27 heavy (non-hydrogen) atoms. The Morgan fingerprint density at radius 3 is 2.56 bits per heavy atom. The molecule has 1 aliphatic carbocycles. The number of nitrogens with zero attached hydrogens (tertiary/aromatic N) is 1. The molecule has 2 aliphatic rings. The van der Waals surface area contributed by atoms with Crippen molar-refractivity contribution >= 4 is 17.8 Å². The van der Waals surface area contributed by atoms with Crippen LogP contribution in [0.4, 0.5) is 4.79 Å². The van der Waals surface area contributed by atoms with Gasteiger partial charge in [-0.3, -0.25) is 14.5 Å². The van der Waals surface area contributed by atoms with E-state index in [1.54, 1.807) is 38.3 Å². The molecule has 0 bridgehead atoms. The zero-order valence-corrected chi connectivity index (χ0v) is 16.1. The summed E-state index contributed by atoms with van der Waals surface area (Å²) >= 11 is 0. The summed E-state index contributed by atoms with van der Waals surface area (Å²) in [7, 11) is 1.56. The van der Waals surface area contributed by atoms with E-state index in [0.717, 1.165) is 24.2 Å². The molecule has 1 aliphatic heterocycles. The number of imide groups is 1. The van der Waals surface area contributed by atoms with E-state index in [1.807, 2.05) is 0 Å². The minimum absolute atomic E-state index is 0.111. The molecule has 7 heteroatoms. The number of carbonyl (C=O) groups excluding carboxylic acids is 3. The van der Waals surface area contributed by atoms with E-state index >= 15 is 0 Å². The summed E-state index contributed by atoms with van der Waals surface area (Å²) in [6.07, 6.45) is 4.30. The van der Waals surface area contributed by atoms with Gasteiger partial charge in [-0.25, -0.2) is 4.79 Å². The Balaban J connectivity index is 1.68. The highest BCUT2D eigenvalue weighted by Gasteiger charge is 2.49. The summed E-state index contributed by atoms with van der Waals surface area (Å²) < 4.78 is 5.13. The molecule has 4 amide bonds. The van der Waals surface area contributed by atoms with Crippen LogP contribution < -0.4 is 15.4 Å². The number of rotatable bonds is 5. The first-order valence-corrected chi connectivity index (χ1v) is 9.43. The van der Waals surface area contributed by atoms with Crippen molar-refractivity contribution in [3.8, 4) is 5.75 Å². The van der Waals surface area contributed by atoms with E-state index in [0.29, 0.717) is 17.2 Å². The van der Waals surface area contributed by atoms with E-state index in [9.17, 15) is 14.4 Å². The predicted molar refractivity (Wildman–Crippen MR) is 100 cm³/mol. The molecule has 2 fully saturated rings. The van der Waals surface area contributed by atoms with Crippen LogP contribution in [0.25, 0.3) is 0 Å². The first-order valence-electron chi connectivity index (χ1n) is 9.43. The molecule has 1 heterocycles. The summed E-state index contributed by atoms with van der Waals surface area (Å²) in [5, 5.41) is 5.71. The molecular formula is C20H27N3O4. The number of amides is 4. The highest BCUT2D eigenvalue weighted by molar-refractivity contribution is 6.09.